The van der Waals surface area contributed by atoms with E-state index >= 15 is 0 Å². The summed E-state index contributed by atoms with van der Waals surface area (Å²) in [7, 11) is -3.91. The maximum Gasteiger partial charge on any atom is 0.490 e. The second-order valence-electron chi connectivity index (χ2n) is 10.1. The average molecular weight is 664 g/mol. The Labute approximate surface area is 262 Å². The quantitative estimate of drug-likeness (QED) is 0.114. The van der Waals surface area contributed by atoms with E-state index in [0.29, 0.717) is 40.3 Å². The molecule has 1 unspecified atom stereocenters. The van der Waals surface area contributed by atoms with Crippen LogP contribution in [0.2, 0.25) is 0 Å². The number of nitrogens with two attached hydrogens (primary N) is 2. The topological polar surface area (TPSA) is 207 Å². The van der Waals surface area contributed by atoms with Gasteiger partial charge in [0.1, 0.15) is 5.84 Å². The Hall–Kier alpha value is -4.80. The van der Waals surface area contributed by atoms with E-state index in [1.54, 1.807) is 60.7 Å². The number of nitrogen functional groups attached to an aromatic ring is 1. The number of carboxylic acids is 1. The molecule has 3 aromatic rings. The molecule has 1 aliphatic rings. The number of hydrogen-bond donors (Lipinski definition) is 5. The second-order valence-corrected chi connectivity index (χ2v) is 11.6. The smallest absolute Gasteiger partial charge is 0.475 e. The van der Waals surface area contributed by atoms with Gasteiger partial charge < -0.3 is 25.7 Å². The number of nitrogens with one attached hydrogen (secondary N) is 2. The van der Waals surface area contributed by atoms with Gasteiger partial charge in [-0.15, -0.1) is 0 Å². The summed E-state index contributed by atoms with van der Waals surface area (Å²) in [5, 5.41) is 27.3. The molecule has 12 nitrogen and oxygen atoms in total. The molecule has 3 aromatic carbocycles. The Morgan fingerprint density at radius 2 is 1.74 bits per heavy atom. The number of amidine groups is 1. The SMILES string of the molecule is CCCCOCC1(C(=O)Nc2ccc(-c3ccccc3S(N)(=O)=O)cc2)CC(c2cccc(C(=N)N)c2)=NO1.O=C(O)C(F)(F)F. The van der Waals surface area contributed by atoms with Crippen LogP contribution >= 0.6 is 0 Å². The number of benzene rings is 3. The van der Waals surface area contributed by atoms with Crippen LogP contribution in [0.1, 0.15) is 37.3 Å². The highest BCUT2D eigenvalue weighted by molar-refractivity contribution is 7.89. The van der Waals surface area contributed by atoms with Crippen molar-refractivity contribution >= 4 is 39.1 Å². The van der Waals surface area contributed by atoms with Crippen LogP contribution in [0.5, 0.6) is 0 Å². The van der Waals surface area contributed by atoms with E-state index in [9.17, 15) is 26.4 Å². The van der Waals surface area contributed by atoms with Gasteiger partial charge in [0, 0.05) is 35.4 Å². The lowest BCUT2D eigenvalue weighted by Crippen LogP contribution is -2.47. The average Bonchev–Trinajstić information content (AvgIpc) is 3.45. The lowest BCUT2D eigenvalue weighted by molar-refractivity contribution is -0.192. The van der Waals surface area contributed by atoms with E-state index in [1.807, 2.05) is 13.0 Å². The molecule has 1 heterocycles. The molecule has 0 radical (unpaired) electrons. The van der Waals surface area contributed by atoms with E-state index in [-0.39, 0.29) is 23.8 Å². The summed E-state index contributed by atoms with van der Waals surface area (Å²) in [5.74, 6) is -3.26. The molecule has 46 heavy (non-hydrogen) atoms. The highest BCUT2D eigenvalue weighted by Crippen LogP contribution is 2.31. The van der Waals surface area contributed by atoms with Gasteiger partial charge in [0.05, 0.1) is 17.2 Å². The lowest BCUT2D eigenvalue weighted by atomic mass is 9.93. The summed E-state index contributed by atoms with van der Waals surface area (Å²) >= 11 is 0. The van der Waals surface area contributed by atoms with Crippen molar-refractivity contribution in [2.24, 2.45) is 16.0 Å². The van der Waals surface area contributed by atoms with Crippen molar-refractivity contribution in [2.75, 3.05) is 18.5 Å². The zero-order valence-electron chi connectivity index (χ0n) is 24.5. The zero-order valence-corrected chi connectivity index (χ0v) is 25.3. The van der Waals surface area contributed by atoms with Crippen LogP contribution in [0, 0.1) is 5.41 Å². The number of hydrogen-bond acceptors (Lipinski definition) is 8. The number of primary sulfonamides is 1. The summed E-state index contributed by atoms with van der Waals surface area (Å²) in [4.78, 5) is 28.2. The minimum atomic E-state index is -5.08. The molecule has 0 saturated heterocycles. The van der Waals surface area contributed by atoms with Gasteiger partial charge in [-0.1, -0.05) is 67.0 Å². The van der Waals surface area contributed by atoms with Crippen LogP contribution in [-0.2, 0) is 29.2 Å². The number of amides is 1. The minimum absolute atomic E-state index is 0.00193. The minimum Gasteiger partial charge on any atom is -0.475 e. The van der Waals surface area contributed by atoms with E-state index in [4.69, 9.17) is 35.8 Å². The Kier molecular flexibility index (Phi) is 11.6. The first-order valence-electron chi connectivity index (χ1n) is 13.7. The van der Waals surface area contributed by atoms with Crippen LogP contribution in [0.25, 0.3) is 11.1 Å². The molecule has 0 aromatic heterocycles. The van der Waals surface area contributed by atoms with Crippen molar-refractivity contribution in [3.05, 3.63) is 83.9 Å². The van der Waals surface area contributed by atoms with Crippen molar-refractivity contribution < 1.29 is 45.9 Å². The van der Waals surface area contributed by atoms with E-state index in [0.717, 1.165) is 12.8 Å². The van der Waals surface area contributed by atoms with Gasteiger partial charge in [-0.3, -0.25) is 10.2 Å². The Morgan fingerprint density at radius 3 is 2.33 bits per heavy atom. The molecule has 0 bridgehead atoms. The first kappa shape index (κ1) is 35.7. The second kappa shape index (κ2) is 15.0. The number of carboxylic acid groups (broad SMARTS) is 1. The van der Waals surface area contributed by atoms with Gasteiger partial charge in [-0.2, -0.15) is 13.2 Å². The summed E-state index contributed by atoms with van der Waals surface area (Å²) in [6, 6.07) is 20.2. The monoisotopic (exact) mass is 663 g/mol. The van der Waals surface area contributed by atoms with Crippen LogP contribution in [0.3, 0.4) is 0 Å². The van der Waals surface area contributed by atoms with E-state index in [2.05, 4.69) is 10.5 Å². The molecule has 1 aliphatic heterocycles. The molecule has 4 rings (SSSR count). The van der Waals surface area contributed by atoms with Crippen molar-refractivity contribution in [1.82, 2.24) is 0 Å². The molecule has 1 amide bonds. The molecule has 0 fully saturated rings. The molecule has 0 saturated carbocycles. The normalized spacial score (nSPS) is 16.0. The fourth-order valence-corrected chi connectivity index (χ4v) is 4.94. The van der Waals surface area contributed by atoms with Crippen LogP contribution in [0.4, 0.5) is 18.9 Å². The molecule has 16 heteroatoms. The number of anilines is 1. The van der Waals surface area contributed by atoms with Gasteiger partial charge in [0.15, 0.2) is 0 Å². The Morgan fingerprint density at radius 1 is 1.09 bits per heavy atom. The molecular weight excluding hydrogens is 631 g/mol. The summed E-state index contributed by atoms with van der Waals surface area (Å²) in [6.07, 6.45) is -3.14. The third-order valence-electron chi connectivity index (χ3n) is 6.57. The number of carbonyl (C=O) groups is 2. The van der Waals surface area contributed by atoms with Crippen LogP contribution in [-0.4, -0.2) is 61.9 Å². The van der Waals surface area contributed by atoms with Crippen molar-refractivity contribution in [2.45, 2.75) is 42.9 Å². The maximum atomic E-state index is 13.6. The molecule has 0 aliphatic carbocycles. The largest absolute Gasteiger partial charge is 0.490 e. The molecule has 0 spiro atoms. The van der Waals surface area contributed by atoms with Gasteiger partial charge in [0.2, 0.25) is 15.6 Å². The van der Waals surface area contributed by atoms with Crippen LogP contribution in [0.15, 0.2) is 82.8 Å². The van der Waals surface area contributed by atoms with E-state index < -0.39 is 33.7 Å². The highest BCUT2D eigenvalue weighted by Gasteiger charge is 2.47. The number of nitrogens with zero attached hydrogens (tertiary/aromatic N) is 1. The lowest BCUT2D eigenvalue weighted by Gasteiger charge is -2.25. The van der Waals surface area contributed by atoms with Crippen molar-refractivity contribution in [3.63, 3.8) is 0 Å². The number of carbonyl (C=O) groups excluding carboxylic acids is 1. The number of oxime groups is 1. The van der Waals surface area contributed by atoms with Crippen molar-refractivity contribution in [1.29, 1.82) is 5.41 Å². The zero-order chi connectivity index (χ0) is 34.1. The number of ether oxygens (including phenoxy) is 1. The predicted molar refractivity (Wildman–Crippen MR) is 164 cm³/mol. The standard InChI is InChI=1S/C28H31N5O5S.C2HF3O2/c1-2-3-15-37-18-28(17-24(33-38-28)20-7-6-8-21(16-20)26(29)30)27(34)32-22-13-11-19(12-14-22)23-9-4-5-10-25(23)39(31,35)36;3-2(4,5)1(6)7/h4-14,16H,2-3,15,17-18H2,1H3,(H3,29,30)(H,32,34)(H2,31,35,36);(H,6,7). The van der Waals surface area contributed by atoms with Gasteiger partial charge >= 0.3 is 12.1 Å². The number of unbranched alkanes of at least 4 members (excludes halogenated alkanes) is 1. The van der Waals surface area contributed by atoms with Gasteiger partial charge in [0.25, 0.3) is 5.91 Å². The number of aliphatic carboxylic acids is 1. The molecule has 7 N–H and O–H groups in total. The van der Waals surface area contributed by atoms with Gasteiger partial charge in [-0.05, 0) is 36.2 Å². The number of alkyl halides is 3. The fourth-order valence-electron chi connectivity index (χ4n) is 4.18. The maximum absolute atomic E-state index is 13.6. The fraction of sp³-hybridized carbons (Fsp3) is 0.267. The highest BCUT2D eigenvalue weighted by atomic mass is 32.2. The third-order valence-corrected chi connectivity index (χ3v) is 7.54. The number of halogens is 3. The van der Waals surface area contributed by atoms with E-state index in [1.165, 1.54) is 6.07 Å². The molecule has 1 atom stereocenters. The number of sulfonamides is 1. The summed E-state index contributed by atoms with van der Waals surface area (Å²) in [5.41, 5.74) is 7.60. The van der Waals surface area contributed by atoms with Gasteiger partial charge in [-0.25, -0.2) is 18.4 Å². The summed E-state index contributed by atoms with van der Waals surface area (Å²) in [6.45, 7) is 2.52. The molecule has 246 valence electrons. The Balaban J connectivity index is 0.000000738. The first-order valence-corrected chi connectivity index (χ1v) is 15.2. The molecular formula is C30H32F3N5O7S. The Bertz CT molecular complexity index is 1710. The number of rotatable bonds is 11. The van der Waals surface area contributed by atoms with Crippen LogP contribution < -0.4 is 16.2 Å². The predicted octanol–water partition coefficient (Wildman–Crippen LogP) is 4.24. The summed E-state index contributed by atoms with van der Waals surface area (Å²) < 4.78 is 61.5. The first-order chi connectivity index (χ1) is 21.6. The van der Waals surface area contributed by atoms with Crippen molar-refractivity contribution in [3.8, 4) is 11.1 Å². The third kappa shape index (κ3) is 9.35.